The lowest BCUT2D eigenvalue weighted by atomic mass is 10.0. The quantitative estimate of drug-likeness (QED) is 0.541. The highest BCUT2D eigenvalue weighted by molar-refractivity contribution is 7.96. The van der Waals surface area contributed by atoms with Crippen molar-refractivity contribution >= 4 is 50.3 Å². The van der Waals surface area contributed by atoms with Gasteiger partial charge >= 0.3 is 0 Å². The van der Waals surface area contributed by atoms with Crippen molar-refractivity contribution in [3.8, 4) is 11.1 Å². The molecule has 1 aliphatic heterocycles. The third kappa shape index (κ3) is 4.46. The Kier molecular flexibility index (Phi) is 6.17. The van der Waals surface area contributed by atoms with E-state index in [2.05, 4.69) is 21.0 Å². The minimum atomic E-state index is -2.89. The van der Waals surface area contributed by atoms with E-state index in [1.54, 1.807) is 11.7 Å². The van der Waals surface area contributed by atoms with E-state index >= 15 is 0 Å². The van der Waals surface area contributed by atoms with Crippen LogP contribution in [0.3, 0.4) is 0 Å². The molecule has 1 unspecified atom stereocenters. The lowest BCUT2D eigenvalue weighted by Gasteiger charge is -2.39. The summed E-state index contributed by atoms with van der Waals surface area (Å²) in [4.78, 5) is 14.0. The zero-order valence-electron chi connectivity index (χ0n) is 17.8. The fraction of sp³-hybridized carbons (Fsp3) is 0.286. The number of rotatable bonds is 4. The second-order valence-electron chi connectivity index (χ2n) is 7.77. The summed E-state index contributed by atoms with van der Waals surface area (Å²) in [5, 5.41) is 9.07. The number of benzene rings is 1. The summed E-state index contributed by atoms with van der Waals surface area (Å²) in [5.74, 6) is 2.89. The average Bonchev–Trinajstić information content (AvgIpc) is 3.32. The molecule has 0 bridgehead atoms. The van der Waals surface area contributed by atoms with Crippen molar-refractivity contribution in [1.82, 2.24) is 18.8 Å². The van der Waals surface area contributed by atoms with Crippen molar-refractivity contribution in [2.45, 2.75) is 25.4 Å². The molecule has 11 heteroatoms. The molecule has 2 N–H and O–H groups in total. The van der Waals surface area contributed by atoms with Gasteiger partial charge in [-0.25, -0.2) is 17.6 Å². The topological polar surface area (TPSA) is 79.3 Å². The van der Waals surface area contributed by atoms with Gasteiger partial charge in [0, 0.05) is 36.4 Å². The number of aromatic nitrogens is 2. The van der Waals surface area contributed by atoms with E-state index in [4.69, 9.17) is 11.6 Å². The molecule has 1 fully saturated rings. The predicted molar refractivity (Wildman–Crippen MR) is 129 cm³/mol. The van der Waals surface area contributed by atoms with Crippen LogP contribution in [-0.4, -0.2) is 43.2 Å². The van der Waals surface area contributed by atoms with Crippen molar-refractivity contribution in [2.24, 2.45) is 7.05 Å². The van der Waals surface area contributed by atoms with E-state index in [0.717, 1.165) is 21.7 Å². The van der Waals surface area contributed by atoms with Crippen LogP contribution in [0, 0.1) is 12.7 Å². The molecule has 0 saturated carbocycles. The molecule has 7 nitrogen and oxygen atoms in total. The van der Waals surface area contributed by atoms with Gasteiger partial charge in [0.1, 0.15) is 11.9 Å². The zero-order chi connectivity index (χ0) is 23.2. The van der Waals surface area contributed by atoms with E-state index < -0.39 is 21.8 Å². The fourth-order valence-corrected chi connectivity index (χ4v) is 6.39. The van der Waals surface area contributed by atoms with Gasteiger partial charge in [-0.3, -0.25) is 9.48 Å². The molecule has 1 amide bonds. The molecule has 1 aromatic carbocycles. The number of hydrogen-bond donors (Lipinski definition) is 2. The molecule has 3 aromatic rings. The van der Waals surface area contributed by atoms with Gasteiger partial charge in [-0.1, -0.05) is 11.6 Å². The highest BCUT2D eigenvalue weighted by Gasteiger charge is 2.38. The fourth-order valence-electron chi connectivity index (χ4n) is 3.74. The molecular weight excluding hydrogens is 473 g/mol. The second-order valence-corrected chi connectivity index (χ2v) is 11.2. The first kappa shape index (κ1) is 22.9. The number of nitrogens with zero attached hydrogens (tertiary/aromatic N) is 3. The largest absolute Gasteiger partial charge is 0.325 e. The minimum absolute atomic E-state index is 0.0860. The smallest absolute Gasteiger partial charge is 0.242 e. The number of thiophene rings is 1. The number of anilines is 1. The standard InChI is InChI=1S/C21H23ClFN5O2S2/c1-12-15(10-27(2)25-12)13-7-20(31-11-13)18-9-19(28(3)32(4,30)26-18)21(29)24-14-5-6-17(23)16(22)8-14/h5-8,10-11,18-19H,4,9H2,1-3H3,(H,24,29)(H,26,30)/t18-,19+,32?/m1/s1. The van der Waals surface area contributed by atoms with Crippen molar-refractivity contribution in [1.29, 1.82) is 0 Å². The Morgan fingerprint density at radius 2 is 2.16 bits per heavy atom. The van der Waals surface area contributed by atoms with Crippen molar-refractivity contribution in [2.75, 3.05) is 12.4 Å². The van der Waals surface area contributed by atoms with Gasteiger partial charge in [0.25, 0.3) is 0 Å². The van der Waals surface area contributed by atoms with Crippen LogP contribution in [0.25, 0.3) is 11.1 Å². The molecule has 0 radical (unpaired) electrons. The van der Waals surface area contributed by atoms with Crippen LogP contribution >= 0.6 is 22.9 Å². The molecule has 3 heterocycles. The number of likely N-dealkylation sites (N-methyl/N-ethyl adjacent to an activating group) is 1. The van der Waals surface area contributed by atoms with Gasteiger partial charge in [0.15, 0.2) is 0 Å². The van der Waals surface area contributed by atoms with Crippen molar-refractivity contribution in [3.05, 3.63) is 57.3 Å². The number of hydrogen-bond acceptors (Lipinski definition) is 4. The van der Waals surface area contributed by atoms with Crippen LogP contribution in [-0.2, 0) is 21.7 Å². The lowest BCUT2D eigenvalue weighted by molar-refractivity contribution is -0.120. The summed E-state index contributed by atoms with van der Waals surface area (Å²) >= 11 is 7.35. The second kappa shape index (κ2) is 8.60. The van der Waals surface area contributed by atoms with E-state index in [0.29, 0.717) is 12.1 Å². The third-order valence-electron chi connectivity index (χ3n) is 5.47. The summed E-state index contributed by atoms with van der Waals surface area (Å²) in [6, 6.07) is 4.96. The molecule has 0 aliphatic carbocycles. The first-order chi connectivity index (χ1) is 15.0. The Labute approximate surface area is 195 Å². The number of nitrogens with one attached hydrogen (secondary N) is 2. The Morgan fingerprint density at radius 3 is 2.81 bits per heavy atom. The summed E-state index contributed by atoms with van der Waals surface area (Å²) < 4.78 is 32.9. The molecule has 32 heavy (non-hydrogen) atoms. The van der Waals surface area contributed by atoms with Crippen LogP contribution in [0.4, 0.5) is 10.1 Å². The maximum Gasteiger partial charge on any atom is 0.242 e. The lowest BCUT2D eigenvalue weighted by Crippen LogP contribution is -2.55. The normalized spacial score (nSPS) is 23.9. The Hall–Kier alpha value is -2.24. The number of aryl methyl sites for hydroxylation is 2. The van der Waals surface area contributed by atoms with Gasteiger partial charge in [0.2, 0.25) is 5.91 Å². The predicted octanol–water partition coefficient (Wildman–Crippen LogP) is 3.77. The Bertz CT molecular complexity index is 1290. The van der Waals surface area contributed by atoms with Gasteiger partial charge in [0.05, 0.1) is 26.7 Å². The SMILES string of the molecule is C=S1(=O)N[C@@H](c2cc(-c3cn(C)nc3C)cs2)C[C@@H](C(=O)Nc2ccc(F)c(Cl)c2)N1C. The molecule has 3 atom stereocenters. The van der Waals surface area contributed by atoms with Crippen molar-refractivity contribution < 1.29 is 13.4 Å². The first-order valence-corrected chi connectivity index (χ1v) is 12.7. The highest BCUT2D eigenvalue weighted by atomic mass is 35.5. The molecule has 0 spiro atoms. The molecule has 1 aliphatic rings. The molecular formula is C21H23ClFN5O2S2. The summed E-state index contributed by atoms with van der Waals surface area (Å²) in [6.07, 6.45) is 2.34. The molecule has 2 aromatic heterocycles. The monoisotopic (exact) mass is 495 g/mol. The Balaban J connectivity index is 1.58. The minimum Gasteiger partial charge on any atom is -0.325 e. The van der Waals surface area contributed by atoms with Gasteiger partial charge in [-0.2, -0.15) is 5.10 Å². The highest BCUT2D eigenvalue weighted by Crippen LogP contribution is 2.36. The van der Waals surface area contributed by atoms with E-state index in [1.807, 2.05) is 31.6 Å². The summed E-state index contributed by atoms with van der Waals surface area (Å²) in [7, 11) is 0.576. The summed E-state index contributed by atoms with van der Waals surface area (Å²) in [6.45, 7) is 1.95. The maximum absolute atomic E-state index is 13.4. The number of amides is 1. The van der Waals surface area contributed by atoms with Gasteiger partial charge in [-0.05, 0) is 54.4 Å². The number of carbonyl (C=O) groups excluding carboxylic acids is 1. The summed E-state index contributed by atoms with van der Waals surface area (Å²) in [5.41, 5.74) is 3.34. The van der Waals surface area contributed by atoms with E-state index in [1.165, 1.54) is 33.8 Å². The number of halogens is 2. The van der Waals surface area contributed by atoms with Gasteiger partial charge < -0.3 is 5.32 Å². The van der Waals surface area contributed by atoms with E-state index in [9.17, 15) is 13.4 Å². The first-order valence-electron chi connectivity index (χ1n) is 9.77. The van der Waals surface area contributed by atoms with Crippen molar-refractivity contribution in [3.63, 3.8) is 0 Å². The van der Waals surface area contributed by atoms with Gasteiger partial charge in [-0.15, -0.1) is 11.3 Å². The van der Waals surface area contributed by atoms with Crippen LogP contribution in [0.15, 0.2) is 35.8 Å². The van der Waals surface area contributed by atoms with Crippen LogP contribution in [0.5, 0.6) is 0 Å². The molecule has 1 saturated heterocycles. The maximum atomic E-state index is 13.4. The molecule has 170 valence electrons. The number of carbonyl (C=O) groups is 1. The third-order valence-corrected chi connectivity index (χ3v) is 8.64. The van der Waals surface area contributed by atoms with Crippen LogP contribution in [0.2, 0.25) is 5.02 Å². The Morgan fingerprint density at radius 1 is 1.41 bits per heavy atom. The molecule has 4 rings (SSSR count). The zero-order valence-corrected chi connectivity index (χ0v) is 20.2. The van der Waals surface area contributed by atoms with Crippen LogP contribution in [0.1, 0.15) is 23.0 Å². The average molecular weight is 496 g/mol. The van der Waals surface area contributed by atoms with E-state index in [-0.39, 0.29) is 17.0 Å². The van der Waals surface area contributed by atoms with Crippen LogP contribution < -0.4 is 10.0 Å².